The van der Waals surface area contributed by atoms with Crippen molar-refractivity contribution in [2.45, 2.75) is 6.42 Å². The van der Waals surface area contributed by atoms with Gasteiger partial charge in [-0.15, -0.1) is 0 Å². The molecule has 1 aromatic carbocycles. The molecule has 0 spiro atoms. The molecular weight excluding hydrogens is 205 g/mol. The van der Waals surface area contributed by atoms with E-state index < -0.39 is 10.0 Å². The van der Waals surface area contributed by atoms with Gasteiger partial charge in [0.15, 0.2) is 0 Å². The molecule has 0 aliphatic carbocycles. The molecule has 0 amide bonds. The van der Waals surface area contributed by atoms with Gasteiger partial charge in [0.2, 0.25) is 10.0 Å². The van der Waals surface area contributed by atoms with Crippen molar-refractivity contribution in [3.63, 3.8) is 0 Å². The summed E-state index contributed by atoms with van der Waals surface area (Å²) >= 11 is 0. The summed E-state index contributed by atoms with van der Waals surface area (Å²) < 4.78 is 37.3. The number of sulfonamides is 1. The summed E-state index contributed by atoms with van der Waals surface area (Å²) in [6.45, 7) is 0. The number of halogens is 1. The zero-order chi connectivity index (χ0) is 10.6. The van der Waals surface area contributed by atoms with Crippen LogP contribution in [-0.4, -0.2) is 21.2 Å². The van der Waals surface area contributed by atoms with Gasteiger partial charge in [0.05, 0.1) is 5.75 Å². The van der Waals surface area contributed by atoms with Crippen molar-refractivity contribution in [2.75, 3.05) is 12.8 Å². The third-order valence-corrected chi connectivity index (χ3v) is 3.27. The Kier molecular flexibility index (Phi) is 3.60. The molecule has 0 aromatic heterocycles. The molecule has 5 heteroatoms. The normalized spacial score (nSPS) is 11.6. The van der Waals surface area contributed by atoms with Crippen LogP contribution in [0.3, 0.4) is 0 Å². The molecule has 0 aliphatic heterocycles. The summed E-state index contributed by atoms with van der Waals surface area (Å²) in [5.41, 5.74) is 0.423. The highest BCUT2D eigenvalue weighted by Crippen LogP contribution is 2.07. The average molecular weight is 217 g/mol. The summed E-state index contributed by atoms with van der Waals surface area (Å²) in [5.74, 6) is -0.455. The van der Waals surface area contributed by atoms with Crippen molar-refractivity contribution in [1.82, 2.24) is 4.72 Å². The van der Waals surface area contributed by atoms with Crippen LogP contribution in [0.1, 0.15) is 5.56 Å². The van der Waals surface area contributed by atoms with Crippen molar-refractivity contribution < 1.29 is 12.8 Å². The van der Waals surface area contributed by atoms with Crippen molar-refractivity contribution in [1.29, 1.82) is 0 Å². The first-order valence-corrected chi connectivity index (χ1v) is 5.85. The minimum absolute atomic E-state index is 0.0928. The number of nitrogens with one attached hydrogen (secondary N) is 1. The highest BCUT2D eigenvalue weighted by molar-refractivity contribution is 7.89. The molecule has 1 aromatic rings. The second-order valence-corrected chi connectivity index (χ2v) is 4.91. The van der Waals surface area contributed by atoms with E-state index in [0.717, 1.165) is 0 Å². The lowest BCUT2D eigenvalue weighted by Crippen LogP contribution is -2.23. The zero-order valence-corrected chi connectivity index (χ0v) is 8.64. The van der Waals surface area contributed by atoms with Crippen LogP contribution in [0.25, 0.3) is 0 Å². The summed E-state index contributed by atoms with van der Waals surface area (Å²) in [6.07, 6.45) is 0.190. The summed E-state index contributed by atoms with van der Waals surface area (Å²) in [6, 6.07) is 6.16. The van der Waals surface area contributed by atoms with Crippen LogP contribution in [-0.2, 0) is 16.4 Å². The van der Waals surface area contributed by atoms with Crippen LogP contribution in [0.15, 0.2) is 24.3 Å². The number of rotatable bonds is 4. The Hall–Kier alpha value is -0.940. The number of aryl methyl sites for hydroxylation is 1. The molecule has 0 saturated heterocycles. The van der Waals surface area contributed by atoms with Crippen LogP contribution >= 0.6 is 0 Å². The lowest BCUT2D eigenvalue weighted by Gasteiger charge is -2.03. The summed E-state index contributed by atoms with van der Waals surface area (Å²) in [5, 5.41) is 0. The van der Waals surface area contributed by atoms with E-state index in [1.165, 1.54) is 13.1 Å². The third-order valence-electron chi connectivity index (χ3n) is 1.91. The Bertz CT molecular complexity index is 403. The van der Waals surface area contributed by atoms with E-state index >= 15 is 0 Å². The van der Waals surface area contributed by atoms with E-state index in [2.05, 4.69) is 4.72 Å². The van der Waals surface area contributed by atoms with Crippen molar-refractivity contribution in [3.05, 3.63) is 35.6 Å². The third kappa shape index (κ3) is 3.08. The predicted molar refractivity (Wildman–Crippen MR) is 53.0 cm³/mol. The maximum absolute atomic E-state index is 13.1. The topological polar surface area (TPSA) is 46.2 Å². The van der Waals surface area contributed by atoms with Crippen LogP contribution in [0.4, 0.5) is 4.39 Å². The molecule has 3 nitrogen and oxygen atoms in total. The molecule has 0 atom stereocenters. The van der Waals surface area contributed by atoms with Crippen LogP contribution < -0.4 is 4.72 Å². The van der Waals surface area contributed by atoms with Gasteiger partial charge in [-0.05, 0) is 25.1 Å². The van der Waals surface area contributed by atoms with E-state index in [9.17, 15) is 12.8 Å². The molecule has 0 radical (unpaired) electrons. The highest BCUT2D eigenvalue weighted by atomic mass is 32.2. The van der Waals surface area contributed by atoms with Crippen LogP contribution in [0.5, 0.6) is 0 Å². The van der Waals surface area contributed by atoms with Gasteiger partial charge < -0.3 is 0 Å². The Morgan fingerprint density at radius 2 is 2.00 bits per heavy atom. The fourth-order valence-corrected chi connectivity index (χ4v) is 1.74. The van der Waals surface area contributed by atoms with Crippen LogP contribution in [0.2, 0.25) is 0 Å². The van der Waals surface area contributed by atoms with E-state index in [4.69, 9.17) is 0 Å². The Morgan fingerprint density at radius 1 is 1.36 bits per heavy atom. The second kappa shape index (κ2) is 4.52. The second-order valence-electron chi connectivity index (χ2n) is 2.86. The first-order valence-electron chi connectivity index (χ1n) is 4.20. The van der Waals surface area contributed by atoms with Crippen molar-refractivity contribution in [2.24, 2.45) is 0 Å². The lowest BCUT2D eigenvalue weighted by molar-refractivity contribution is 0.584. The largest absolute Gasteiger partial charge is 0.218 e. The Labute approximate surface area is 83.0 Å². The highest BCUT2D eigenvalue weighted by Gasteiger charge is 2.08. The minimum atomic E-state index is -3.25. The molecule has 0 saturated carbocycles. The van der Waals surface area contributed by atoms with Gasteiger partial charge in [-0.3, -0.25) is 0 Å². The van der Waals surface area contributed by atoms with Gasteiger partial charge in [-0.25, -0.2) is 17.5 Å². The monoisotopic (exact) mass is 217 g/mol. The molecule has 0 unspecified atom stereocenters. The Balaban J connectivity index is 2.68. The molecule has 0 aliphatic rings. The average Bonchev–Trinajstić information content (AvgIpc) is 2.17. The van der Waals surface area contributed by atoms with Gasteiger partial charge in [-0.2, -0.15) is 0 Å². The summed E-state index contributed by atoms with van der Waals surface area (Å²) in [4.78, 5) is 0. The maximum Gasteiger partial charge on any atom is 0.211 e. The van der Waals surface area contributed by atoms with E-state index in [1.54, 1.807) is 18.2 Å². The quantitative estimate of drug-likeness (QED) is 0.815. The molecule has 14 heavy (non-hydrogen) atoms. The van der Waals surface area contributed by atoms with Gasteiger partial charge in [0.1, 0.15) is 5.82 Å². The molecular formula is C9H12FNO2S. The number of hydrogen-bond acceptors (Lipinski definition) is 2. The van der Waals surface area contributed by atoms with Gasteiger partial charge >= 0.3 is 0 Å². The van der Waals surface area contributed by atoms with Gasteiger partial charge in [0.25, 0.3) is 0 Å². The van der Waals surface area contributed by atoms with E-state index in [-0.39, 0.29) is 18.0 Å². The molecule has 0 bridgehead atoms. The van der Waals surface area contributed by atoms with Crippen molar-refractivity contribution in [3.8, 4) is 0 Å². The lowest BCUT2D eigenvalue weighted by atomic mass is 10.2. The molecule has 0 fully saturated rings. The molecule has 0 heterocycles. The smallest absolute Gasteiger partial charge is 0.211 e. The standard InChI is InChI=1S/C9H12FNO2S/c1-11-14(12,13)7-6-8-4-2-3-5-9(8)10/h2-5,11H,6-7H2,1H3. The van der Waals surface area contributed by atoms with Gasteiger partial charge in [0, 0.05) is 0 Å². The molecule has 1 rings (SSSR count). The van der Waals surface area contributed by atoms with Crippen LogP contribution in [0, 0.1) is 5.82 Å². The first kappa shape index (κ1) is 11.1. The number of hydrogen-bond donors (Lipinski definition) is 1. The number of benzene rings is 1. The maximum atomic E-state index is 13.1. The predicted octanol–water partition coefficient (Wildman–Crippen LogP) is 0.917. The van der Waals surface area contributed by atoms with Crippen molar-refractivity contribution >= 4 is 10.0 Å². The molecule has 78 valence electrons. The van der Waals surface area contributed by atoms with E-state index in [1.807, 2.05) is 0 Å². The Morgan fingerprint density at radius 3 is 2.57 bits per heavy atom. The summed E-state index contributed by atoms with van der Waals surface area (Å²) in [7, 11) is -1.91. The fourth-order valence-electron chi connectivity index (χ4n) is 1.05. The van der Waals surface area contributed by atoms with Gasteiger partial charge in [-0.1, -0.05) is 18.2 Å². The zero-order valence-electron chi connectivity index (χ0n) is 7.83. The minimum Gasteiger partial charge on any atom is -0.218 e. The molecule has 1 N–H and O–H groups in total. The van der Waals surface area contributed by atoms with E-state index in [0.29, 0.717) is 5.56 Å². The fraction of sp³-hybridized carbons (Fsp3) is 0.333. The SMILES string of the molecule is CNS(=O)(=O)CCc1ccccc1F. The first-order chi connectivity index (χ1) is 6.55.